The molecule has 6 nitrogen and oxygen atoms in total. The summed E-state index contributed by atoms with van der Waals surface area (Å²) in [6, 6.07) is 4.02. The molecule has 0 radical (unpaired) electrons. The maximum Gasteiger partial charge on any atom is 0.391 e. The van der Waals surface area contributed by atoms with Crippen molar-refractivity contribution in [3.8, 4) is 17.0 Å². The molecule has 3 rings (SSSR count). The van der Waals surface area contributed by atoms with Crippen LogP contribution in [0.2, 0.25) is 0 Å². The molecule has 1 saturated carbocycles. The summed E-state index contributed by atoms with van der Waals surface area (Å²) in [6.45, 7) is 3.69. The van der Waals surface area contributed by atoms with Gasteiger partial charge in [0, 0.05) is 24.2 Å². The van der Waals surface area contributed by atoms with Gasteiger partial charge in [0.1, 0.15) is 5.75 Å². The van der Waals surface area contributed by atoms with Crippen molar-refractivity contribution in [2.75, 3.05) is 6.54 Å². The number of aliphatic hydroxyl groups is 1. The van der Waals surface area contributed by atoms with Crippen LogP contribution in [0.25, 0.3) is 11.3 Å². The molecule has 1 atom stereocenters. The van der Waals surface area contributed by atoms with E-state index in [0.717, 1.165) is 19.8 Å². The van der Waals surface area contributed by atoms with Crippen LogP contribution in [0.5, 0.6) is 5.75 Å². The number of hydrogen-bond acceptors (Lipinski definition) is 4. The van der Waals surface area contributed by atoms with Gasteiger partial charge in [0.25, 0.3) is 5.91 Å². The summed E-state index contributed by atoms with van der Waals surface area (Å²) in [7, 11) is 0. The predicted molar refractivity (Wildman–Crippen MR) is 129 cm³/mol. The van der Waals surface area contributed by atoms with Gasteiger partial charge in [-0.25, -0.2) is 0 Å². The Morgan fingerprint density at radius 3 is 2.51 bits per heavy atom. The van der Waals surface area contributed by atoms with E-state index in [4.69, 9.17) is 4.74 Å². The molecule has 37 heavy (non-hydrogen) atoms. The molecule has 0 saturated heterocycles. The fraction of sp³-hybridized carbons (Fsp3) is 0.615. The van der Waals surface area contributed by atoms with Crippen molar-refractivity contribution in [3.63, 3.8) is 0 Å². The molecule has 0 spiro atoms. The first-order valence-electron chi connectivity index (χ1n) is 12.5. The minimum Gasteiger partial charge on any atom is -0.434 e. The third-order valence-electron chi connectivity index (χ3n) is 7.10. The van der Waals surface area contributed by atoms with Gasteiger partial charge in [0.15, 0.2) is 5.69 Å². The number of rotatable bonds is 9. The van der Waals surface area contributed by atoms with E-state index in [1.165, 1.54) is 22.9 Å². The van der Waals surface area contributed by atoms with Gasteiger partial charge in [-0.3, -0.25) is 9.48 Å². The summed E-state index contributed by atoms with van der Waals surface area (Å²) in [4.78, 5) is 13.0. The molecule has 1 amide bonds. The Kier molecular flexibility index (Phi) is 8.87. The molecule has 2 N–H and O–H groups in total. The van der Waals surface area contributed by atoms with Gasteiger partial charge in [0.05, 0.1) is 17.2 Å². The van der Waals surface area contributed by atoms with E-state index in [1.54, 1.807) is 13.8 Å². The van der Waals surface area contributed by atoms with Gasteiger partial charge >= 0.3 is 12.8 Å². The highest BCUT2D eigenvalue weighted by Crippen LogP contribution is 2.37. The number of halogens is 5. The summed E-state index contributed by atoms with van der Waals surface area (Å²) in [5, 5.41) is 17.9. The van der Waals surface area contributed by atoms with Crippen LogP contribution in [0.15, 0.2) is 18.2 Å². The second-order valence-corrected chi connectivity index (χ2v) is 10.1. The normalized spacial score (nSPS) is 21.2. The monoisotopic (exact) mass is 531 g/mol. The molecule has 1 fully saturated rings. The Morgan fingerprint density at radius 1 is 1.30 bits per heavy atom. The zero-order valence-corrected chi connectivity index (χ0v) is 21.5. The average molecular weight is 532 g/mol. The summed E-state index contributed by atoms with van der Waals surface area (Å²) < 4.78 is 71.7. The number of aryl methyl sites for hydroxylation is 1. The first kappa shape index (κ1) is 28.9. The van der Waals surface area contributed by atoms with Gasteiger partial charge in [-0.1, -0.05) is 19.9 Å². The number of alkyl halides is 5. The largest absolute Gasteiger partial charge is 0.434 e. The molecule has 206 valence electrons. The van der Waals surface area contributed by atoms with Gasteiger partial charge in [-0.2, -0.15) is 27.1 Å². The zero-order chi connectivity index (χ0) is 27.5. The SMILES string of the molecule is CCn1nc(C(=O)NCC2(O)CCC(C)CC2)c(C)c1-c1ccc(C[C@@H](C)C(F)(F)F)cc1OC(F)F. The van der Waals surface area contributed by atoms with Gasteiger partial charge in [-0.15, -0.1) is 0 Å². The van der Waals surface area contributed by atoms with Crippen molar-refractivity contribution < 1.29 is 36.6 Å². The number of aromatic nitrogens is 2. The van der Waals surface area contributed by atoms with Crippen molar-refractivity contribution in [1.29, 1.82) is 0 Å². The second kappa shape index (κ2) is 11.4. The Hall–Kier alpha value is -2.69. The highest BCUT2D eigenvalue weighted by Gasteiger charge is 2.36. The highest BCUT2D eigenvalue weighted by molar-refractivity contribution is 5.95. The Balaban J connectivity index is 1.91. The van der Waals surface area contributed by atoms with Crippen molar-refractivity contribution >= 4 is 5.91 Å². The molecule has 1 aliphatic carbocycles. The molecule has 1 aliphatic rings. The summed E-state index contributed by atoms with van der Waals surface area (Å²) in [6.07, 6.45) is -1.93. The first-order chi connectivity index (χ1) is 17.2. The molecular weight excluding hydrogens is 497 g/mol. The average Bonchev–Trinajstić information content (AvgIpc) is 3.15. The van der Waals surface area contributed by atoms with Gasteiger partial charge < -0.3 is 15.2 Å². The number of hydrogen-bond donors (Lipinski definition) is 2. The molecule has 1 aromatic heterocycles. The van der Waals surface area contributed by atoms with E-state index < -0.39 is 36.6 Å². The maximum absolute atomic E-state index is 13.2. The smallest absolute Gasteiger partial charge is 0.391 e. The molecule has 11 heteroatoms. The number of ether oxygens (including phenoxy) is 1. The lowest BCUT2D eigenvalue weighted by molar-refractivity contribution is -0.169. The minimum atomic E-state index is -4.43. The topological polar surface area (TPSA) is 76.4 Å². The molecule has 0 bridgehead atoms. The summed E-state index contributed by atoms with van der Waals surface area (Å²) in [5.41, 5.74) is 0.214. The molecular formula is C26H34F5N3O3. The highest BCUT2D eigenvalue weighted by atomic mass is 19.4. The van der Waals surface area contributed by atoms with Crippen LogP contribution < -0.4 is 10.1 Å². The first-order valence-corrected chi connectivity index (χ1v) is 12.5. The zero-order valence-electron chi connectivity index (χ0n) is 21.5. The maximum atomic E-state index is 13.2. The van der Waals surface area contributed by atoms with Crippen LogP contribution in [-0.2, 0) is 13.0 Å². The molecule has 0 aliphatic heterocycles. The van der Waals surface area contributed by atoms with Gasteiger partial charge in [-0.05, 0) is 69.6 Å². The lowest BCUT2D eigenvalue weighted by Crippen LogP contribution is -2.45. The van der Waals surface area contributed by atoms with E-state index in [-0.39, 0.29) is 29.1 Å². The molecule has 0 unspecified atom stereocenters. The van der Waals surface area contributed by atoms with E-state index in [2.05, 4.69) is 17.3 Å². The Bertz CT molecular complexity index is 1090. The fourth-order valence-electron chi connectivity index (χ4n) is 4.69. The van der Waals surface area contributed by atoms with Gasteiger partial charge in [0.2, 0.25) is 0 Å². The fourth-order valence-corrected chi connectivity index (χ4v) is 4.69. The predicted octanol–water partition coefficient (Wildman–Crippen LogP) is 5.89. The van der Waals surface area contributed by atoms with Crippen molar-refractivity contribution in [3.05, 3.63) is 35.0 Å². The minimum absolute atomic E-state index is 0.0676. The third-order valence-corrected chi connectivity index (χ3v) is 7.10. The number of nitrogens with one attached hydrogen (secondary N) is 1. The van der Waals surface area contributed by atoms with Crippen LogP contribution >= 0.6 is 0 Å². The lowest BCUT2D eigenvalue weighted by atomic mass is 9.79. The molecule has 2 aromatic rings. The number of carbonyl (C=O) groups excluding carboxylic acids is 1. The van der Waals surface area contributed by atoms with Crippen molar-refractivity contribution in [2.45, 2.75) is 84.7 Å². The Morgan fingerprint density at radius 2 is 1.95 bits per heavy atom. The van der Waals surface area contributed by atoms with E-state index in [1.807, 2.05) is 0 Å². The number of benzene rings is 1. The van der Waals surface area contributed by atoms with Crippen LogP contribution in [0.4, 0.5) is 22.0 Å². The van der Waals surface area contributed by atoms with Crippen LogP contribution in [-0.4, -0.2) is 45.7 Å². The summed E-state index contributed by atoms with van der Waals surface area (Å²) in [5.74, 6) is -1.95. The second-order valence-electron chi connectivity index (χ2n) is 10.1. The van der Waals surface area contributed by atoms with Crippen molar-refractivity contribution in [1.82, 2.24) is 15.1 Å². The molecule has 1 aromatic carbocycles. The van der Waals surface area contributed by atoms with Crippen LogP contribution in [0.3, 0.4) is 0 Å². The number of nitrogens with zero attached hydrogens (tertiary/aromatic N) is 2. The lowest BCUT2D eigenvalue weighted by Gasteiger charge is -2.34. The van der Waals surface area contributed by atoms with Crippen molar-refractivity contribution in [2.24, 2.45) is 11.8 Å². The number of amides is 1. The quantitative estimate of drug-likeness (QED) is 0.396. The third kappa shape index (κ3) is 7.00. The van der Waals surface area contributed by atoms with Crippen LogP contribution in [0, 0.1) is 18.8 Å². The standard InChI is InChI=1S/C26H34F5N3O3/c1-5-34-22(17(4)21(33-34)23(35)32-14-25(36)10-8-15(2)9-11-25)19-7-6-18(12-16(3)26(29,30)31)13-20(19)37-24(27)28/h6-7,13,15-16,24,36H,5,8-12,14H2,1-4H3,(H,32,35)/t15?,16-,25?/m1/s1. The number of carbonyl (C=O) groups is 1. The Labute approximate surface area is 213 Å². The van der Waals surface area contributed by atoms with E-state index >= 15 is 0 Å². The molecule has 1 heterocycles. The van der Waals surface area contributed by atoms with E-state index in [0.29, 0.717) is 36.6 Å². The summed E-state index contributed by atoms with van der Waals surface area (Å²) >= 11 is 0. The van der Waals surface area contributed by atoms with Crippen LogP contribution in [0.1, 0.15) is 68.1 Å². The van der Waals surface area contributed by atoms with E-state index in [9.17, 15) is 31.9 Å².